The number of hydrogen-bond acceptors (Lipinski definition) is 13. The Morgan fingerprint density at radius 1 is 0.350 bits per heavy atom. The fourth-order valence-corrected chi connectivity index (χ4v) is 8.86. The van der Waals surface area contributed by atoms with Gasteiger partial charge in [-0.15, -0.1) is 0 Å². The van der Waals surface area contributed by atoms with Crippen LogP contribution in [-0.4, -0.2) is 132 Å². The highest BCUT2D eigenvalue weighted by Crippen LogP contribution is 2.18. The van der Waals surface area contributed by atoms with Crippen LogP contribution in [0.2, 0.25) is 0 Å². The minimum Gasteiger partial charge on any atom is -0.466 e. The van der Waals surface area contributed by atoms with Crippen molar-refractivity contribution in [2.45, 2.75) is 278 Å². The highest BCUT2D eigenvalue weighted by molar-refractivity contribution is 5.70. The molecule has 0 aliphatic heterocycles. The van der Waals surface area contributed by atoms with Gasteiger partial charge >= 0.3 is 36.2 Å². The van der Waals surface area contributed by atoms with Crippen LogP contribution in [0.3, 0.4) is 0 Å². The number of carbonyl (C=O) groups excluding carboxylic acids is 6. The number of amides is 3. The van der Waals surface area contributed by atoms with Crippen molar-refractivity contribution in [3.05, 3.63) is 35.9 Å². The van der Waals surface area contributed by atoms with Crippen molar-refractivity contribution in [1.82, 2.24) is 14.7 Å². The number of ether oxygens (including phenoxy) is 6. The first-order chi connectivity index (χ1) is 38.1. The Morgan fingerprint density at radius 2 is 0.613 bits per heavy atom. The van der Waals surface area contributed by atoms with Gasteiger partial charge in [-0.25, -0.2) is 14.4 Å². The van der Waals surface area contributed by atoms with Gasteiger partial charge in [-0.2, -0.15) is 0 Å². The quantitative estimate of drug-likeness (QED) is 0.0369. The lowest BCUT2D eigenvalue weighted by Gasteiger charge is -2.27. The van der Waals surface area contributed by atoms with Crippen molar-refractivity contribution in [2.75, 3.05) is 59.1 Å². The maximum Gasteiger partial charge on any atom is 0.410 e. The second-order valence-electron chi connectivity index (χ2n) is 24.5. The summed E-state index contributed by atoms with van der Waals surface area (Å²) in [5.41, 5.74) is -0.752. The molecule has 0 saturated heterocycles. The standard InChI is InChI=1S/C64H113N3O13/c1-62(2,3)78-59(72)65(48-37-51-68)45-34-25-19-13-10-16-22-31-42-56(69)75-52-38-49-66(60(73)79-63(4,5)6)46-35-26-20-14-11-17-23-32-43-57(70)76-53-39-50-67(61(74)80-64(7,8)9)47-36-27-21-15-12-18-24-33-44-58(71)77-54-55-40-29-28-30-41-55/h28-30,40-41,68H,10-27,31-39,42-54H2,1-9H3. The Bertz CT molecular complexity index is 1780. The van der Waals surface area contributed by atoms with Crippen LogP contribution in [0.1, 0.15) is 261 Å². The molecule has 0 unspecified atom stereocenters. The van der Waals surface area contributed by atoms with Crippen LogP contribution in [0.4, 0.5) is 14.4 Å². The van der Waals surface area contributed by atoms with Crippen LogP contribution in [0.5, 0.6) is 0 Å². The van der Waals surface area contributed by atoms with Gasteiger partial charge in [0.05, 0.1) is 13.2 Å². The number of rotatable bonds is 46. The number of hydrogen-bond donors (Lipinski definition) is 1. The van der Waals surface area contributed by atoms with Gasteiger partial charge in [0.15, 0.2) is 0 Å². The molecule has 0 heterocycles. The molecule has 462 valence electrons. The predicted octanol–water partition coefficient (Wildman–Crippen LogP) is 15.2. The number of unbranched alkanes of at least 4 members (excludes halogenated alkanes) is 21. The molecule has 3 amide bonds. The normalized spacial score (nSPS) is 11.7. The molecule has 16 heteroatoms. The lowest BCUT2D eigenvalue weighted by atomic mass is 10.1. The zero-order valence-corrected chi connectivity index (χ0v) is 51.9. The topological polar surface area (TPSA) is 188 Å². The van der Waals surface area contributed by atoms with Gasteiger partial charge in [0, 0.05) is 65.1 Å². The molecule has 1 rings (SSSR count). The first kappa shape index (κ1) is 73.4. The summed E-state index contributed by atoms with van der Waals surface area (Å²) in [5, 5.41) is 9.21. The highest BCUT2D eigenvalue weighted by Gasteiger charge is 2.24. The van der Waals surface area contributed by atoms with Crippen LogP contribution in [-0.2, 0) is 49.4 Å². The minimum absolute atomic E-state index is 0.0428. The van der Waals surface area contributed by atoms with E-state index in [9.17, 15) is 33.9 Å². The van der Waals surface area contributed by atoms with Crippen molar-refractivity contribution in [2.24, 2.45) is 0 Å². The molecule has 80 heavy (non-hydrogen) atoms. The van der Waals surface area contributed by atoms with Crippen molar-refractivity contribution in [3.8, 4) is 0 Å². The van der Waals surface area contributed by atoms with Gasteiger partial charge in [0.1, 0.15) is 23.4 Å². The zero-order chi connectivity index (χ0) is 59.3. The summed E-state index contributed by atoms with van der Waals surface area (Å²) in [5.74, 6) is -0.548. The van der Waals surface area contributed by atoms with Crippen molar-refractivity contribution in [1.29, 1.82) is 0 Å². The summed E-state index contributed by atoms with van der Waals surface area (Å²) in [6, 6.07) is 9.72. The van der Waals surface area contributed by atoms with Crippen LogP contribution < -0.4 is 0 Å². The molecule has 0 aromatic heterocycles. The Hall–Kier alpha value is -4.60. The molecule has 0 bridgehead atoms. The van der Waals surface area contributed by atoms with E-state index in [1.807, 2.05) is 92.6 Å². The monoisotopic (exact) mass is 1130 g/mol. The molecule has 1 aromatic rings. The van der Waals surface area contributed by atoms with Gasteiger partial charge in [-0.05, 0) is 126 Å². The Kier molecular flexibility index (Phi) is 41.3. The molecular formula is C64H113N3O13. The number of nitrogens with zero attached hydrogens (tertiary/aromatic N) is 3. The van der Waals surface area contributed by atoms with Crippen molar-refractivity contribution in [3.63, 3.8) is 0 Å². The average Bonchev–Trinajstić information content (AvgIpc) is 3.37. The molecule has 0 aliphatic rings. The van der Waals surface area contributed by atoms with Crippen LogP contribution >= 0.6 is 0 Å². The van der Waals surface area contributed by atoms with Crippen LogP contribution in [0.25, 0.3) is 0 Å². The summed E-state index contributed by atoms with van der Waals surface area (Å²) in [6.07, 6.45) is 25.9. The van der Waals surface area contributed by atoms with E-state index in [0.717, 1.165) is 160 Å². The fourth-order valence-electron chi connectivity index (χ4n) is 8.86. The Balaban J connectivity index is 2.18. The second kappa shape index (κ2) is 45.0. The van der Waals surface area contributed by atoms with Gasteiger partial charge in [-0.1, -0.05) is 146 Å². The lowest BCUT2D eigenvalue weighted by Crippen LogP contribution is -2.38. The molecular weight excluding hydrogens is 1020 g/mol. The lowest BCUT2D eigenvalue weighted by molar-refractivity contribution is -0.145. The summed E-state index contributed by atoms with van der Waals surface area (Å²) < 4.78 is 33.3. The number of esters is 3. The average molecular weight is 1130 g/mol. The SMILES string of the molecule is CC(C)(C)OC(=O)N(CCCO)CCCCCCCCCCC(=O)OCCCN(CCCCCCCCCCC(=O)OCCCN(CCCCCCCCCCC(=O)OCc1ccccc1)C(=O)OC(C)(C)C)C(=O)OC(C)(C)C. The second-order valence-corrected chi connectivity index (χ2v) is 24.5. The predicted molar refractivity (Wildman–Crippen MR) is 317 cm³/mol. The summed E-state index contributed by atoms with van der Waals surface area (Å²) in [7, 11) is 0. The molecule has 0 aliphatic carbocycles. The van der Waals surface area contributed by atoms with E-state index in [4.69, 9.17) is 28.4 Å². The molecule has 16 nitrogen and oxygen atoms in total. The van der Waals surface area contributed by atoms with Gasteiger partial charge < -0.3 is 48.2 Å². The first-order valence-corrected chi connectivity index (χ1v) is 31.1. The molecule has 1 N–H and O–H groups in total. The molecule has 0 saturated carbocycles. The van der Waals surface area contributed by atoms with Gasteiger partial charge in [-0.3, -0.25) is 14.4 Å². The molecule has 0 fully saturated rings. The Labute approximate surface area is 484 Å². The fraction of sp³-hybridized carbons (Fsp3) is 0.812. The first-order valence-electron chi connectivity index (χ1n) is 31.1. The number of aliphatic hydroxyl groups is 1. The number of carbonyl (C=O) groups is 6. The van der Waals surface area contributed by atoms with E-state index in [2.05, 4.69) is 0 Å². The molecule has 0 atom stereocenters. The maximum atomic E-state index is 13.0. The van der Waals surface area contributed by atoms with Crippen LogP contribution in [0.15, 0.2) is 30.3 Å². The minimum atomic E-state index is -0.606. The smallest absolute Gasteiger partial charge is 0.410 e. The third-order valence-electron chi connectivity index (χ3n) is 13.1. The number of aliphatic hydroxyl groups excluding tert-OH is 1. The number of benzene rings is 1. The summed E-state index contributed by atoms with van der Waals surface area (Å²) in [6.45, 7) is 20.9. The zero-order valence-electron chi connectivity index (χ0n) is 51.9. The van der Waals surface area contributed by atoms with Gasteiger partial charge in [0.2, 0.25) is 0 Å². The van der Waals surface area contributed by atoms with E-state index < -0.39 is 16.8 Å². The molecule has 0 spiro atoms. The van der Waals surface area contributed by atoms with Crippen molar-refractivity contribution < 1.29 is 62.3 Å². The largest absolute Gasteiger partial charge is 0.466 e. The molecule has 1 aromatic carbocycles. The van der Waals surface area contributed by atoms with Crippen molar-refractivity contribution >= 4 is 36.2 Å². The van der Waals surface area contributed by atoms with Crippen LogP contribution in [0, 0.1) is 0 Å². The van der Waals surface area contributed by atoms with E-state index >= 15 is 0 Å². The highest BCUT2D eigenvalue weighted by atomic mass is 16.6. The van der Waals surface area contributed by atoms with E-state index in [-0.39, 0.29) is 56.0 Å². The Morgan fingerprint density at radius 3 is 0.912 bits per heavy atom. The summed E-state index contributed by atoms with van der Waals surface area (Å²) >= 11 is 0. The third-order valence-corrected chi connectivity index (χ3v) is 13.1. The molecule has 0 radical (unpaired) electrons. The summed E-state index contributed by atoms with van der Waals surface area (Å²) in [4.78, 5) is 80.7. The maximum absolute atomic E-state index is 13.0. The van der Waals surface area contributed by atoms with E-state index in [1.165, 1.54) is 0 Å². The van der Waals surface area contributed by atoms with E-state index in [1.54, 1.807) is 14.7 Å². The third kappa shape index (κ3) is 45.1. The van der Waals surface area contributed by atoms with E-state index in [0.29, 0.717) is 84.4 Å². The van der Waals surface area contributed by atoms with Gasteiger partial charge in [0.25, 0.3) is 0 Å².